The number of amides is 3. The lowest BCUT2D eigenvalue weighted by molar-refractivity contribution is -0.166. The van der Waals surface area contributed by atoms with Crippen molar-refractivity contribution < 1.29 is 19.1 Å². The van der Waals surface area contributed by atoms with Crippen LogP contribution in [-0.4, -0.2) is 47.8 Å². The Morgan fingerprint density at radius 3 is 2.52 bits per heavy atom. The average molecular weight is 346 g/mol. The van der Waals surface area contributed by atoms with Crippen LogP contribution < -0.4 is 16.8 Å². The number of guanidine groups is 1. The topological polar surface area (TPSA) is 164 Å². The first-order valence-corrected chi connectivity index (χ1v) is 7.29. The zero-order valence-electron chi connectivity index (χ0n) is 13.4. The molecule has 25 heavy (non-hydrogen) atoms. The van der Waals surface area contributed by atoms with E-state index in [0.29, 0.717) is 5.69 Å². The molecule has 0 spiro atoms. The monoisotopic (exact) mass is 346 g/mol. The summed E-state index contributed by atoms with van der Waals surface area (Å²) < 4.78 is 4.67. The van der Waals surface area contributed by atoms with Gasteiger partial charge in [0, 0.05) is 12.1 Å². The Bertz CT molecular complexity index is 733. The highest BCUT2D eigenvalue weighted by Crippen LogP contribution is 2.31. The molecule has 1 aromatic carbocycles. The lowest BCUT2D eigenvalue weighted by Crippen LogP contribution is -2.67. The molecule has 2 rings (SSSR count). The summed E-state index contributed by atoms with van der Waals surface area (Å²) in [6, 6.07) is 6.62. The standard InChI is InChI=1S/C15H18N6O4/c1-25-13(23)11-9(7-10(16)20-14(17)18)12(22)21(11)15(24)19-8-5-3-2-4-6-8/h2-6,9,11H,7H2,1H3,(H,19,24)(H5,16,17,18,20)/t9-,11+/m1/s1. The Kier molecular flexibility index (Phi) is 5.32. The predicted molar refractivity (Wildman–Crippen MR) is 89.8 cm³/mol. The number of urea groups is 1. The average Bonchev–Trinajstić information content (AvgIpc) is 2.56. The summed E-state index contributed by atoms with van der Waals surface area (Å²) in [6.07, 6.45) is -0.118. The van der Waals surface area contributed by atoms with Crippen molar-refractivity contribution in [3.8, 4) is 0 Å². The number of amidine groups is 1. The van der Waals surface area contributed by atoms with E-state index in [-0.39, 0.29) is 12.3 Å². The van der Waals surface area contributed by atoms with E-state index in [0.717, 1.165) is 12.0 Å². The maximum absolute atomic E-state index is 12.3. The first-order chi connectivity index (χ1) is 11.8. The van der Waals surface area contributed by atoms with Crippen molar-refractivity contribution in [1.29, 1.82) is 5.41 Å². The Hall–Kier alpha value is -3.43. The van der Waals surface area contributed by atoms with E-state index in [4.69, 9.17) is 16.9 Å². The third-order valence-electron chi connectivity index (χ3n) is 3.59. The molecule has 1 aromatic rings. The Morgan fingerprint density at radius 2 is 1.96 bits per heavy atom. The fraction of sp³-hybridized carbons (Fsp3) is 0.267. The zero-order chi connectivity index (χ0) is 18.6. The number of benzene rings is 1. The van der Waals surface area contributed by atoms with Gasteiger partial charge in [-0.05, 0) is 12.1 Å². The minimum absolute atomic E-state index is 0.0807. The molecule has 3 amide bonds. The van der Waals surface area contributed by atoms with Gasteiger partial charge in [0.2, 0.25) is 11.9 Å². The molecule has 132 valence electrons. The summed E-state index contributed by atoms with van der Waals surface area (Å²) >= 11 is 0. The number of ether oxygens (including phenoxy) is 1. The number of anilines is 1. The molecule has 0 saturated carbocycles. The quantitative estimate of drug-likeness (QED) is 0.256. The second-order valence-corrected chi connectivity index (χ2v) is 5.27. The Labute approximate surface area is 143 Å². The summed E-state index contributed by atoms with van der Waals surface area (Å²) in [5.41, 5.74) is 11.2. The highest BCUT2D eigenvalue weighted by molar-refractivity contribution is 6.12. The summed E-state index contributed by atoms with van der Waals surface area (Å²) in [5.74, 6) is -2.84. The Morgan fingerprint density at radius 1 is 1.32 bits per heavy atom. The third-order valence-corrected chi connectivity index (χ3v) is 3.59. The number of methoxy groups -OCH3 is 1. The van der Waals surface area contributed by atoms with Gasteiger partial charge in [0.25, 0.3) is 0 Å². The number of rotatable bonds is 4. The van der Waals surface area contributed by atoms with Gasteiger partial charge in [0.15, 0.2) is 6.04 Å². The first-order valence-electron chi connectivity index (χ1n) is 7.29. The van der Waals surface area contributed by atoms with Crippen molar-refractivity contribution in [2.75, 3.05) is 12.4 Å². The van der Waals surface area contributed by atoms with E-state index in [2.05, 4.69) is 15.0 Å². The number of nitrogens with two attached hydrogens (primary N) is 2. The fourth-order valence-corrected chi connectivity index (χ4v) is 2.50. The normalized spacial score (nSPS) is 19.8. The van der Waals surface area contributed by atoms with Gasteiger partial charge in [-0.3, -0.25) is 10.2 Å². The number of hydrogen-bond donors (Lipinski definition) is 4. The molecule has 1 saturated heterocycles. The van der Waals surface area contributed by atoms with E-state index in [1.807, 2.05) is 0 Å². The molecule has 1 aliphatic heterocycles. The minimum atomic E-state index is -1.12. The molecule has 10 heteroatoms. The SMILES string of the molecule is COC(=O)[C@@H]1[C@@H](CC(N)=NC(=N)N)C(=O)N1C(=O)Nc1ccccc1. The number of β-lactam (4-membered cyclic amide) rings is 1. The van der Waals surface area contributed by atoms with Crippen molar-refractivity contribution in [2.45, 2.75) is 12.5 Å². The number of para-hydroxylation sites is 1. The number of nitrogens with zero attached hydrogens (tertiary/aromatic N) is 2. The molecule has 0 radical (unpaired) electrons. The van der Waals surface area contributed by atoms with Crippen molar-refractivity contribution in [2.24, 2.45) is 22.4 Å². The van der Waals surface area contributed by atoms with E-state index >= 15 is 0 Å². The molecule has 0 bridgehead atoms. The molecule has 10 nitrogen and oxygen atoms in total. The molecule has 0 unspecified atom stereocenters. The number of aliphatic imine (C=N–C) groups is 1. The van der Waals surface area contributed by atoms with Gasteiger partial charge in [-0.2, -0.15) is 0 Å². The lowest BCUT2D eigenvalue weighted by atomic mass is 9.84. The molecular weight excluding hydrogens is 328 g/mol. The van der Waals surface area contributed by atoms with Crippen LogP contribution in [0.1, 0.15) is 6.42 Å². The third kappa shape index (κ3) is 3.91. The smallest absolute Gasteiger partial charge is 0.330 e. The van der Waals surface area contributed by atoms with Gasteiger partial charge in [-0.15, -0.1) is 0 Å². The molecule has 1 aliphatic rings. The van der Waals surface area contributed by atoms with Gasteiger partial charge in [0.1, 0.15) is 5.84 Å². The van der Waals surface area contributed by atoms with Gasteiger partial charge in [-0.25, -0.2) is 19.5 Å². The molecule has 6 N–H and O–H groups in total. The van der Waals surface area contributed by atoms with Crippen LogP contribution >= 0.6 is 0 Å². The maximum atomic E-state index is 12.3. The minimum Gasteiger partial charge on any atom is -0.467 e. The van der Waals surface area contributed by atoms with Gasteiger partial charge >= 0.3 is 12.0 Å². The summed E-state index contributed by atoms with van der Waals surface area (Å²) in [7, 11) is 1.16. The van der Waals surface area contributed by atoms with E-state index in [1.54, 1.807) is 30.3 Å². The number of hydrogen-bond acceptors (Lipinski definition) is 5. The second-order valence-electron chi connectivity index (χ2n) is 5.27. The fourth-order valence-electron chi connectivity index (χ4n) is 2.50. The molecule has 2 atom stereocenters. The number of carbonyl (C=O) groups is 3. The number of carbonyl (C=O) groups excluding carboxylic acids is 3. The second kappa shape index (κ2) is 7.43. The number of likely N-dealkylation sites (tertiary alicyclic amines) is 1. The van der Waals surface area contributed by atoms with Crippen LogP contribution in [0.25, 0.3) is 0 Å². The predicted octanol–water partition coefficient (Wildman–Crippen LogP) is -0.141. The van der Waals surface area contributed by atoms with Gasteiger partial charge in [0.05, 0.1) is 13.0 Å². The van der Waals surface area contributed by atoms with Crippen molar-refractivity contribution >= 4 is 35.4 Å². The summed E-state index contributed by atoms with van der Waals surface area (Å²) in [4.78, 5) is 40.9. The van der Waals surface area contributed by atoms with Crippen LogP contribution in [0.4, 0.5) is 10.5 Å². The molecule has 1 heterocycles. The van der Waals surface area contributed by atoms with Crippen LogP contribution in [0.5, 0.6) is 0 Å². The van der Waals surface area contributed by atoms with Gasteiger partial charge < -0.3 is 21.5 Å². The maximum Gasteiger partial charge on any atom is 0.330 e. The number of esters is 1. The highest BCUT2D eigenvalue weighted by atomic mass is 16.5. The molecule has 0 aliphatic carbocycles. The van der Waals surface area contributed by atoms with Crippen molar-refractivity contribution in [3.05, 3.63) is 30.3 Å². The molecule has 1 fully saturated rings. The van der Waals surface area contributed by atoms with Crippen LogP contribution in [-0.2, 0) is 14.3 Å². The van der Waals surface area contributed by atoms with Crippen LogP contribution in [0.3, 0.4) is 0 Å². The number of nitrogens with one attached hydrogen (secondary N) is 2. The highest BCUT2D eigenvalue weighted by Gasteiger charge is 2.55. The van der Waals surface area contributed by atoms with Crippen LogP contribution in [0.2, 0.25) is 0 Å². The molecular formula is C15H18N6O4. The van der Waals surface area contributed by atoms with Crippen LogP contribution in [0, 0.1) is 11.3 Å². The first kappa shape index (κ1) is 17.9. The molecule has 0 aromatic heterocycles. The van der Waals surface area contributed by atoms with E-state index in [1.165, 1.54) is 0 Å². The summed E-state index contributed by atoms with van der Waals surface area (Å²) in [6.45, 7) is 0. The Balaban J connectivity index is 2.15. The van der Waals surface area contributed by atoms with Gasteiger partial charge in [-0.1, -0.05) is 18.2 Å². The largest absolute Gasteiger partial charge is 0.467 e. The number of imide groups is 1. The van der Waals surface area contributed by atoms with Crippen molar-refractivity contribution in [1.82, 2.24) is 4.90 Å². The van der Waals surface area contributed by atoms with E-state index in [9.17, 15) is 14.4 Å². The zero-order valence-corrected chi connectivity index (χ0v) is 13.4. The van der Waals surface area contributed by atoms with E-state index < -0.39 is 35.8 Å². The van der Waals surface area contributed by atoms with Crippen LogP contribution in [0.15, 0.2) is 35.3 Å². The summed E-state index contributed by atoms with van der Waals surface area (Å²) in [5, 5.41) is 9.59. The van der Waals surface area contributed by atoms with Crippen molar-refractivity contribution in [3.63, 3.8) is 0 Å². The lowest BCUT2D eigenvalue weighted by Gasteiger charge is -2.43.